The molecule has 8 heteroatoms. The maximum atomic E-state index is 12.6. The highest BCUT2D eigenvalue weighted by Crippen LogP contribution is 2.45. The van der Waals surface area contributed by atoms with Gasteiger partial charge in [0.2, 0.25) is 0 Å². The van der Waals surface area contributed by atoms with Gasteiger partial charge < -0.3 is 18.9 Å². The van der Waals surface area contributed by atoms with E-state index in [2.05, 4.69) is 25.7 Å². The Morgan fingerprint density at radius 2 is 1.21 bits per heavy atom. The molecule has 0 aliphatic rings. The average molecular weight is 569 g/mol. The molecule has 0 heterocycles. The SMILES string of the molecule is C#CCC(CC#C)CP(=O)(O)OCC(COC(=O)CCCCCCCCC)OC(=O)CCCCCCCCC. The van der Waals surface area contributed by atoms with E-state index in [1.807, 2.05) is 0 Å². The van der Waals surface area contributed by atoms with Crippen LogP contribution in [0.15, 0.2) is 0 Å². The topological polar surface area (TPSA) is 99.1 Å². The van der Waals surface area contributed by atoms with Crippen LogP contribution in [-0.4, -0.2) is 42.3 Å². The van der Waals surface area contributed by atoms with Gasteiger partial charge in [-0.1, -0.05) is 90.9 Å². The summed E-state index contributed by atoms with van der Waals surface area (Å²) in [5.41, 5.74) is 0. The van der Waals surface area contributed by atoms with Gasteiger partial charge in [0.15, 0.2) is 6.10 Å². The first-order valence-electron chi connectivity index (χ1n) is 15.0. The van der Waals surface area contributed by atoms with Gasteiger partial charge in [-0.15, -0.1) is 24.7 Å². The fourth-order valence-electron chi connectivity index (χ4n) is 4.19. The summed E-state index contributed by atoms with van der Waals surface area (Å²) in [5, 5.41) is 0. The van der Waals surface area contributed by atoms with Gasteiger partial charge >= 0.3 is 19.5 Å². The van der Waals surface area contributed by atoms with E-state index < -0.39 is 19.7 Å². The summed E-state index contributed by atoms with van der Waals surface area (Å²) < 4.78 is 28.7. The molecule has 39 heavy (non-hydrogen) atoms. The minimum atomic E-state index is -4.05. The molecule has 0 aromatic carbocycles. The van der Waals surface area contributed by atoms with E-state index in [9.17, 15) is 19.0 Å². The monoisotopic (exact) mass is 568 g/mol. The molecular formula is C31H53O7P. The van der Waals surface area contributed by atoms with Crippen LogP contribution in [-0.2, 0) is 28.2 Å². The number of carbonyl (C=O) groups is 2. The summed E-state index contributed by atoms with van der Waals surface area (Å²) in [4.78, 5) is 35.0. The van der Waals surface area contributed by atoms with Crippen molar-refractivity contribution in [3.05, 3.63) is 0 Å². The van der Waals surface area contributed by atoms with Crippen molar-refractivity contribution in [1.29, 1.82) is 0 Å². The van der Waals surface area contributed by atoms with Crippen LogP contribution in [0.4, 0.5) is 0 Å². The van der Waals surface area contributed by atoms with Crippen molar-refractivity contribution in [3.63, 3.8) is 0 Å². The lowest BCUT2D eigenvalue weighted by atomic mass is 10.1. The molecule has 0 rings (SSSR count). The van der Waals surface area contributed by atoms with Crippen molar-refractivity contribution >= 4 is 19.5 Å². The summed E-state index contributed by atoms with van der Waals surface area (Å²) in [6.07, 6.45) is 25.6. The third-order valence-corrected chi connectivity index (χ3v) is 7.99. The zero-order valence-corrected chi connectivity index (χ0v) is 25.4. The molecule has 0 amide bonds. The lowest BCUT2D eigenvalue weighted by Crippen LogP contribution is -2.29. The second-order valence-electron chi connectivity index (χ2n) is 10.3. The van der Waals surface area contributed by atoms with Crippen molar-refractivity contribution in [2.75, 3.05) is 19.4 Å². The van der Waals surface area contributed by atoms with Crippen molar-refractivity contribution in [2.24, 2.45) is 5.92 Å². The zero-order valence-electron chi connectivity index (χ0n) is 24.5. The summed E-state index contributed by atoms with van der Waals surface area (Å²) in [7, 11) is -4.05. The van der Waals surface area contributed by atoms with Crippen LogP contribution >= 0.6 is 7.60 Å². The second-order valence-corrected chi connectivity index (χ2v) is 12.2. The van der Waals surface area contributed by atoms with E-state index in [-0.39, 0.29) is 56.9 Å². The van der Waals surface area contributed by atoms with E-state index >= 15 is 0 Å². The fourth-order valence-corrected chi connectivity index (χ4v) is 5.60. The highest BCUT2D eigenvalue weighted by molar-refractivity contribution is 7.52. The van der Waals surface area contributed by atoms with Crippen molar-refractivity contribution in [1.82, 2.24) is 0 Å². The Hall–Kier alpha value is -1.79. The first kappa shape index (κ1) is 37.2. The minimum Gasteiger partial charge on any atom is -0.462 e. The largest absolute Gasteiger partial charge is 0.462 e. The molecule has 0 aliphatic heterocycles. The molecule has 0 aromatic rings. The number of ether oxygens (including phenoxy) is 2. The highest BCUT2D eigenvalue weighted by Gasteiger charge is 2.28. The molecule has 0 aromatic heterocycles. The number of esters is 2. The van der Waals surface area contributed by atoms with E-state index in [1.54, 1.807) is 0 Å². The van der Waals surface area contributed by atoms with E-state index in [4.69, 9.17) is 26.8 Å². The smallest absolute Gasteiger partial charge is 0.328 e. The fraction of sp³-hybridized carbons (Fsp3) is 0.806. The van der Waals surface area contributed by atoms with Crippen LogP contribution in [0.25, 0.3) is 0 Å². The molecule has 0 aliphatic carbocycles. The molecule has 7 nitrogen and oxygen atoms in total. The first-order chi connectivity index (χ1) is 18.8. The molecule has 1 N–H and O–H groups in total. The third kappa shape index (κ3) is 23.8. The minimum absolute atomic E-state index is 0.196. The number of unbranched alkanes of at least 4 members (excludes halogenated alkanes) is 12. The van der Waals surface area contributed by atoms with E-state index in [0.717, 1.165) is 38.5 Å². The number of hydrogen-bond acceptors (Lipinski definition) is 6. The van der Waals surface area contributed by atoms with Crippen LogP contribution in [0, 0.1) is 30.6 Å². The molecule has 0 saturated carbocycles. The van der Waals surface area contributed by atoms with Gasteiger partial charge in [-0.25, -0.2) is 0 Å². The van der Waals surface area contributed by atoms with Crippen LogP contribution in [0.3, 0.4) is 0 Å². The van der Waals surface area contributed by atoms with Gasteiger partial charge in [-0.2, -0.15) is 0 Å². The Bertz CT molecular complexity index is 752. The maximum absolute atomic E-state index is 12.6. The van der Waals surface area contributed by atoms with Crippen molar-refractivity contribution in [3.8, 4) is 24.7 Å². The normalized spacial score (nSPS) is 13.3. The van der Waals surface area contributed by atoms with Gasteiger partial charge in [0.25, 0.3) is 0 Å². The molecule has 2 unspecified atom stereocenters. The summed E-state index contributed by atoms with van der Waals surface area (Å²) >= 11 is 0. The number of rotatable bonds is 26. The van der Waals surface area contributed by atoms with E-state index in [0.29, 0.717) is 6.42 Å². The lowest BCUT2D eigenvalue weighted by molar-refractivity contribution is -0.161. The molecule has 0 bridgehead atoms. The van der Waals surface area contributed by atoms with Gasteiger partial charge in [0, 0.05) is 25.7 Å². The first-order valence-corrected chi connectivity index (χ1v) is 16.7. The predicted octanol–water partition coefficient (Wildman–Crippen LogP) is 7.59. The Labute approximate surface area is 238 Å². The van der Waals surface area contributed by atoms with Gasteiger partial charge in [0.05, 0.1) is 12.8 Å². The molecule has 0 saturated heterocycles. The van der Waals surface area contributed by atoms with Crippen LogP contribution in [0.2, 0.25) is 0 Å². The summed E-state index contributed by atoms with van der Waals surface area (Å²) in [5.74, 6) is 3.75. The standard InChI is InChI=1S/C31H53O7P/c1-5-9-11-13-15-17-19-23-30(32)36-25-29(38-31(33)24-20-18-16-14-12-10-6-2)26-37-39(34,35)27-28(21-7-3)22-8-4/h3-4,28-29H,5-6,9-27H2,1-2H3,(H,34,35). The molecule has 0 fully saturated rings. The van der Waals surface area contributed by atoms with Gasteiger partial charge in [-0.3, -0.25) is 14.2 Å². The van der Waals surface area contributed by atoms with Crippen LogP contribution in [0.5, 0.6) is 0 Å². The predicted molar refractivity (Wildman–Crippen MR) is 157 cm³/mol. The third-order valence-electron chi connectivity index (χ3n) is 6.46. The highest BCUT2D eigenvalue weighted by atomic mass is 31.2. The summed E-state index contributed by atoms with van der Waals surface area (Å²) in [6, 6.07) is 0. The molecule has 0 radical (unpaired) electrons. The average Bonchev–Trinajstić information content (AvgIpc) is 2.89. The van der Waals surface area contributed by atoms with Crippen LogP contribution in [0.1, 0.15) is 129 Å². The number of hydrogen-bond donors (Lipinski definition) is 1. The van der Waals surface area contributed by atoms with Gasteiger partial charge in [-0.05, 0) is 18.8 Å². The van der Waals surface area contributed by atoms with E-state index in [1.165, 1.54) is 44.9 Å². The molecule has 224 valence electrons. The zero-order chi connectivity index (χ0) is 29.2. The quantitative estimate of drug-likeness (QED) is 0.0497. The van der Waals surface area contributed by atoms with Crippen LogP contribution < -0.4 is 0 Å². The molecule has 2 atom stereocenters. The Balaban J connectivity index is 4.74. The number of terminal acetylenes is 2. The maximum Gasteiger partial charge on any atom is 0.328 e. The lowest BCUT2D eigenvalue weighted by Gasteiger charge is -2.21. The van der Waals surface area contributed by atoms with Gasteiger partial charge in [0.1, 0.15) is 6.61 Å². The van der Waals surface area contributed by atoms with Crippen molar-refractivity contribution < 1.29 is 33.0 Å². The second kappa shape index (κ2) is 25.2. The number of carbonyl (C=O) groups excluding carboxylic acids is 2. The Morgan fingerprint density at radius 3 is 1.69 bits per heavy atom. The van der Waals surface area contributed by atoms with Crippen molar-refractivity contribution in [2.45, 2.75) is 136 Å². The Morgan fingerprint density at radius 1 is 0.744 bits per heavy atom. The molecular weight excluding hydrogens is 515 g/mol. The Kier molecular flexibility index (Phi) is 24.0. The molecule has 0 spiro atoms. The summed E-state index contributed by atoms with van der Waals surface area (Å²) in [6.45, 7) is 3.76.